The number of ether oxygens (including phenoxy) is 1. The average molecular weight is 250 g/mol. The summed E-state index contributed by atoms with van der Waals surface area (Å²) in [6.45, 7) is 0. The molecule has 0 aliphatic heterocycles. The normalized spacial score (nSPS) is 18.6. The van der Waals surface area contributed by atoms with Crippen LogP contribution in [0.5, 0.6) is 0 Å². The summed E-state index contributed by atoms with van der Waals surface area (Å²) >= 11 is 0. The van der Waals surface area contributed by atoms with E-state index < -0.39 is 6.04 Å². The van der Waals surface area contributed by atoms with Crippen LogP contribution in [0.25, 0.3) is 0 Å². The highest BCUT2D eigenvalue weighted by atomic mass is 16.5. The molecule has 1 unspecified atom stereocenters. The molecule has 4 heteroatoms. The number of esters is 1. The van der Waals surface area contributed by atoms with Gasteiger partial charge in [-0.1, -0.05) is 19.3 Å². The summed E-state index contributed by atoms with van der Waals surface area (Å²) in [5.41, 5.74) is 6.97. The minimum Gasteiger partial charge on any atom is -0.468 e. The van der Waals surface area contributed by atoms with Crippen LogP contribution in [0.1, 0.15) is 43.8 Å². The maximum absolute atomic E-state index is 11.4. The van der Waals surface area contributed by atoms with Crippen LogP contribution in [-0.4, -0.2) is 23.7 Å². The maximum Gasteiger partial charge on any atom is 0.323 e. The second-order valence-electron chi connectivity index (χ2n) is 5.03. The van der Waals surface area contributed by atoms with Crippen molar-refractivity contribution in [3.63, 3.8) is 0 Å². The van der Waals surface area contributed by atoms with E-state index in [0.29, 0.717) is 12.5 Å². The lowest BCUT2D eigenvalue weighted by Crippen LogP contribution is -2.34. The molecule has 1 saturated carbocycles. The van der Waals surface area contributed by atoms with Crippen LogP contribution in [0.2, 0.25) is 0 Å². The van der Waals surface area contributed by atoms with Crippen molar-refractivity contribution in [3.8, 4) is 0 Å². The Balaban J connectivity index is 2.05. The second kappa shape index (κ2) is 6.05. The predicted molar refractivity (Wildman–Crippen MR) is 70.2 cm³/mol. The van der Waals surface area contributed by atoms with Gasteiger partial charge in [-0.2, -0.15) is 0 Å². The quantitative estimate of drug-likeness (QED) is 0.832. The van der Waals surface area contributed by atoms with Crippen LogP contribution in [0.3, 0.4) is 0 Å². The summed E-state index contributed by atoms with van der Waals surface area (Å²) in [6, 6.07) is 4.10. The first-order valence-electron chi connectivity index (χ1n) is 6.71. The molecule has 1 aromatic heterocycles. The summed E-state index contributed by atoms with van der Waals surface area (Å²) in [5, 5.41) is 0. The molecule has 1 fully saturated rings. The van der Waals surface area contributed by atoms with Gasteiger partial charge in [-0.25, -0.2) is 0 Å². The fourth-order valence-corrected chi connectivity index (χ4v) is 2.78. The number of nitrogens with zero attached hydrogens (tertiary/aromatic N) is 1. The van der Waals surface area contributed by atoms with Crippen molar-refractivity contribution in [3.05, 3.63) is 24.0 Å². The van der Waals surface area contributed by atoms with Crippen molar-refractivity contribution in [2.75, 3.05) is 7.11 Å². The van der Waals surface area contributed by atoms with E-state index in [4.69, 9.17) is 5.73 Å². The van der Waals surface area contributed by atoms with Crippen LogP contribution >= 0.6 is 0 Å². The van der Waals surface area contributed by atoms with Gasteiger partial charge in [0.25, 0.3) is 0 Å². The van der Waals surface area contributed by atoms with Gasteiger partial charge in [0, 0.05) is 24.4 Å². The summed E-state index contributed by atoms with van der Waals surface area (Å²) in [4.78, 5) is 11.4. The van der Waals surface area contributed by atoms with Gasteiger partial charge in [0.15, 0.2) is 0 Å². The van der Waals surface area contributed by atoms with Crippen LogP contribution < -0.4 is 5.73 Å². The molecule has 1 aromatic rings. The number of methoxy groups -OCH3 is 1. The monoisotopic (exact) mass is 250 g/mol. The van der Waals surface area contributed by atoms with Crippen molar-refractivity contribution >= 4 is 5.97 Å². The number of carbonyl (C=O) groups excluding carboxylic acids is 1. The fraction of sp³-hybridized carbons (Fsp3) is 0.643. The number of hydrogen-bond acceptors (Lipinski definition) is 3. The van der Waals surface area contributed by atoms with Gasteiger partial charge >= 0.3 is 5.97 Å². The van der Waals surface area contributed by atoms with E-state index >= 15 is 0 Å². The lowest BCUT2D eigenvalue weighted by Gasteiger charge is -2.26. The fourth-order valence-electron chi connectivity index (χ4n) is 2.78. The zero-order valence-electron chi connectivity index (χ0n) is 11.0. The molecule has 4 nitrogen and oxygen atoms in total. The number of nitrogens with two attached hydrogens (primary N) is 1. The average Bonchev–Trinajstić information content (AvgIpc) is 2.86. The smallest absolute Gasteiger partial charge is 0.323 e. The van der Waals surface area contributed by atoms with E-state index in [1.54, 1.807) is 0 Å². The van der Waals surface area contributed by atoms with Crippen molar-refractivity contribution < 1.29 is 9.53 Å². The summed E-state index contributed by atoms with van der Waals surface area (Å²) < 4.78 is 6.97. The van der Waals surface area contributed by atoms with Crippen molar-refractivity contribution in [1.29, 1.82) is 0 Å². The van der Waals surface area contributed by atoms with Crippen LogP contribution in [-0.2, 0) is 16.0 Å². The second-order valence-corrected chi connectivity index (χ2v) is 5.03. The third-order valence-electron chi connectivity index (χ3n) is 3.77. The van der Waals surface area contributed by atoms with E-state index in [1.165, 1.54) is 39.2 Å². The summed E-state index contributed by atoms with van der Waals surface area (Å²) in [6.07, 6.45) is 9.06. The molecule has 1 atom stereocenters. The lowest BCUT2D eigenvalue weighted by molar-refractivity contribution is -0.142. The van der Waals surface area contributed by atoms with Crippen molar-refractivity contribution in [1.82, 2.24) is 4.57 Å². The molecule has 0 spiro atoms. The molecule has 1 aliphatic carbocycles. The summed E-state index contributed by atoms with van der Waals surface area (Å²) in [5.74, 6) is -0.341. The third-order valence-corrected chi connectivity index (χ3v) is 3.77. The van der Waals surface area contributed by atoms with E-state index in [1.807, 2.05) is 6.07 Å². The van der Waals surface area contributed by atoms with Crippen LogP contribution in [0.4, 0.5) is 0 Å². The first-order valence-corrected chi connectivity index (χ1v) is 6.71. The zero-order chi connectivity index (χ0) is 13.0. The molecular weight excluding hydrogens is 228 g/mol. The molecular formula is C14H22N2O2. The standard InChI is InChI=1S/C14H22N2O2/c1-18-14(17)13(15)10-12-8-5-9-16(12)11-6-3-2-4-7-11/h5,8-9,11,13H,2-4,6-7,10,15H2,1H3. The largest absolute Gasteiger partial charge is 0.468 e. The van der Waals surface area contributed by atoms with Gasteiger partial charge in [0.2, 0.25) is 0 Å². The first kappa shape index (κ1) is 13.1. The van der Waals surface area contributed by atoms with Gasteiger partial charge in [0.05, 0.1) is 7.11 Å². The molecule has 0 bridgehead atoms. The van der Waals surface area contributed by atoms with Crippen molar-refractivity contribution in [2.24, 2.45) is 5.73 Å². The zero-order valence-corrected chi connectivity index (χ0v) is 11.0. The number of aromatic nitrogens is 1. The van der Waals surface area contributed by atoms with Gasteiger partial charge in [0.1, 0.15) is 6.04 Å². The van der Waals surface area contributed by atoms with E-state index in [2.05, 4.69) is 21.6 Å². The van der Waals surface area contributed by atoms with E-state index in [-0.39, 0.29) is 5.97 Å². The highest BCUT2D eigenvalue weighted by Gasteiger charge is 2.20. The molecule has 0 saturated heterocycles. The Kier molecular flexibility index (Phi) is 4.42. The van der Waals surface area contributed by atoms with Gasteiger partial charge in [-0.15, -0.1) is 0 Å². The van der Waals surface area contributed by atoms with Crippen LogP contribution in [0, 0.1) is 0 Å². The Morgan fingerprint density at radius 1 is 1.50 bits per heavy atom. The highest BCUT2D eigenvalue weighted by molar-refractivity contribution is 5.75. The molecule has 0 radical (unpaired) electrons. The molecule has 2 rings (SSSR count). The minimum absolute atomic E-state index is 0.341. The molecule has 2 N–H and O–H groups in total. The Morgan fingerprint density at radius 2 is 2.22 bits per heavy atom. The molecule has 0 aromatic carbocycles. The SMILES string of the molecule is COC(=O)C(N)Cc1cccn1C1CCCCC1. The van der Waals surface area contributed by atoms with Gasteiger partial charge in [-0.3, -0.25) is 4.79 Å². The Hall–Kier alpha value is -1.29. The lowest BCUT2D eigenvalue weighted by atomic mass is 9.95. The molecule has 0 amide bonds. The topological polar surface area (TPSA) is 57.2 Å². The Bertz CT molecular complexity index is 394. The molecule has 100 valence electrons. The number of rotatable bonds is 4. The number of carbonyl (C=O) groups is 1. The van der Waals surface area contributed by atoms with Gasteiger partial charge < -0.3 is 15.0 Å². The highest BCUT2D eigenvalue weighted by Crippen LogP contribution is 2.29. The van der Waals surface area contributed by atoms with Crippen LogP contribution in [0.15, 0.2) is 18.3 Å². The number of hydrogen-bond donors (Lipinski definition) is 1. The van der Waals surface area contributed by atoms with Crippen molar-refractivity contribution in [2.45, 2.75) is 50.6 Å². The molecule has 18 heavy (non-hydrogen) atoms. The third kappa shape index (κ3) is 2.93. The molecule has 1 heterocycles. The first-order chi connectivity index (χ1) is 8.72. The van der Waals surface area contributed by atoms with E-state index in [0.717, 1.165) is 5.69 Å². The Morgan fingerprint density at radius 3 is 2.89 bits per heavy atom. The molecule has 1 aliphatic rings. The van der Waals surface area contributed by atoms with E-state index in [9.17, 15) is 4.79 Å². The summed E-state index contributed by atoms with van der Waals surface area (Å²) in [7, 11) is 1.38. The minimum atomic E-state index is -0.563. The predicted octanol–water partition coefficient (Wildman–Crippen LogP) is 2.04. The Labute approximate surface area is 108 Å². The maximum atomic E-state index is 11.4. The van der Waals surface area contributed by atoms with Gasteiger partial charge in [-0.05, 0) is 25.0 Å².